The van der Waals surface area contributed by atoms with Gasteiger partial charge in [0.1, 0.15) is 0 Å². The predicted molar refractivity (Wildman–Crippen MR) is 78.7 cm³/mol. The third kappa shape index (κ3) is 2.89. The molecule has 2 rings (SSSR count). The molecule has 0 aliphatic rings. The molecule has 1 unspecified atom stereocenters. The van der Waals surface area contributed by atoms with Crippen molar-refractivity contribution in [3.8, 4) is 0 Å². The zero-order valence-corrected chi connectivity index (χ0v) is 11.9. The molecule has 0 spiro atoms. The van der Waals surface area contributed by atoms with Crippen molar-refractivity contribution < 1.29 is 0 Å². The van der Waals surface area contributed by atoms with Crippen LogP contribution in [0, 0.1) is 0 Å². The molecule has 0 radical (unpaired) electrons. The minimum atomic E-state index is 0.366. The fourth-order valence-electron chi connectivity index (χ4n) is 1.80. The van der Waals surface area contributed by atoms with Crippen molar-refractivity contribution in [3.05, 3.63) is 41.4 Å². The van der Waals surface area contributed by atoms with Crippen LogP contribution in [0.4, 0.5) is 10.8 Å². The Morgan fingerprint density at radius 3 is 2.72 bits per heavy atom. The number of para-hydroxylation sites is 1. The zero-order valence-electron chi connectivity index (χ0n) is 11.1. The molecule has 1 heterocycles. The fraction of sp³-hybridized carbons (Fsp3) is 0.357. The van der Waals surface area contributed by atoms with Crippen molar-refractivity contribution in [2.45, 2.75) is 19.9 Å². The summed E-state index contributed by atoms with van der Waals surface area (Å²) in [5, 5.41) is 4.43. The van der Waals surface area contributed by atoms with E-state index in [0.717, 1.165) is 17.4 Å². The van der Waals surface area contributed by atoms with E-state index in [1.807, 2.05) is 24.4 Å². The maximum Gasteiger partial charge on any atom is 0.189 e. The molecule has 0 fully saturated rings. The van der Waals surface area contributed by atoms with Gasteiger partial charge in [-0.1, -0.05) is 36.5 Å². The number of aromatic nitrogens is 1. The van der Waals surface area contributed by atoms with E-state index in [0.29, 0.717) is 6.04 Å². The van der Waals surface area contributed by atoms with Gasteiger partial charge in [-0.15, -0.1) is 0 Å². The van der Waals surface area contributed by atoms with Crippen LogP contribution < -0.4 is 10.2 Å². The molecule has 0 saturated heterocycles. The van der Waals surface area contributed by atoms with Crippen molar-refractivity contribution in [1.29, 1.82) is 0 Å². The van der Waals surface area contributed by atoms with Crippen LogP contribution in [0.1, 0.15) is 24.8 Å². The molecular weight excluding hydrogens is 242 g/mol. The summed E-state index contributed by atoms with van der Waals surface area (Å²) < 4.78 is 0. The zero-order chi connectivity index (χ0) is 13.0. The van der Waals surface area contributed by atoms with Crippen LogP contribution in [0.15, 0.2) is 36.5 Å². The molecule has 0 saturated carbocycles. The van der Waals surface area contributed by atoms with Gasteiger partial charge in [0, 0.05) is 29.9 Å². The van der Waals surface area contributed by atoms with Crippen molar-refractivity contribution >= 4 is 22.2 Å². The Bertz CT molecular complexity index is 481. The van der Waals surface area contributed by atoms with E-state index < -0.39 is 0 Å². The van der Waals surface area contributed by atoms with Gasteiger partial charge in [0.05, 0.1) is 0 Å². The number of hydrogen-bond donors (Lipinski definition) is 1. The number of benzene rings is 1. The van der Waals surface area contributed by atoms with E-state index >= 15 is 0 Å². The minimum Gasteiger partial charge on any atom is -0.321 e. The Morgan fingerprint density at radius 2 is 2.06 bits per heavy atom. The molecule has 1 atom stereocenters. The molecule has 96 valence electrons. The maximum absolute atomic E-state index is 4.50. The maximum atomic E-state index is 4.50. The van der Waals surface area contributed by atoms with Gasteiger partial charge in [-0.3, -0.25) is 0 Å². The molecule has 0 aliphatic carbocycles. The molecule has 1 aromatic heterocycles. The summed E-state index contributed by atoms with van der Waals surface area (Å²) in [6, 6.07) is 10.7. The quantitative estimate of drug-likeness (QED) is 0.891. The third-order valence-electron chi connectivity index (χ3n) is 2.88. The Kier molecular flexibility index (Phi) is 4.33. The fourth-order valence-corrected chi connectivity index (χ4v) is 2.73. The Labute approximate surface area is 112 Å². The first-order valence-electron chi connectivity index (χ1n) is 6.20. The third-order valence-corrected chi connectivity index (χ3v) is 4.14. The molecule has 0 aliphatic heterocycles. The van der Waals surface area contributed by atoms with E-state index in [1.54, 1.807) is 11.3 Å². The topological polar surface area (TPSA) is 28.2 Å². The van der Waals surface area contributed by atoms with Crippen LogP contribution >= 0.6 is 11.3 Å². The molecule has 18 heavy (non-hydrogen) atoms. The van der Waals surface area contributed by atoms with Gasteiger partial charge in [0.25, 0.3) is 0 Å². The van der Waals surface area contributed by atoms with Crippen LogP contribution in [-0.2, 0) is 0 Å². The lowest BCUT2D eigenvalue weighted by molar-refractivity contribution is 0.606. The summed E-state index contributed by atoms with van der Waals surface area (Å²) >= 11 is 1.74. The summed E-state index contributed by atoms with van der Waals surface area (Å²) in [5.41, 5.74) is 1.16. The number of thiazole rings is 1. The van der Waals surface area contributed by atoms with E-state index in [1.165, 1.54) is 4.88 Å². The second-order valence-corrected chi connectivity index (χ2v) is 5.26. The highest BCUT2D eigenvalue weighted by molar-refractivity contribution is 7.15. The normalized spacial score (nSPS) is 12.4. The smallest absolute Gasteiger partial charge is 0.189 e. The summed E-state index contributed by atoms with van der Waals surface area (Å²) in [7, 11) is 2.05. The average molecular weight is 261 g/mol. The van der Waals surface area contributed by atoms with Crippen LogP contribution in [-0.4, -0.2) is 18.6 Å². The number of rotatable bonds is 5. The highest BCUT2D eigenvalue weighted by Crippen LogP contribution is 2.30. The molecule has 1 N–H and O–H groups in total. The summed E-state index contributed by atoms with van der Waals surface area (Å²) in [4.78, 5) is 7.89. The van der Waals surface area contributed by atoms with Crippen LogP contribution in [0.2, 0.25) is 0 Å². The molecule has 3 nitrogen and oxygen atoms in total. The standard InChI is InChI=1S/C14H19N3S/c1-4-15-11(2)13-10-16-14(18-13)17(3)12-8-6-5-7-9-12/h5-11,15H,4H2,1-3H3. The second-order valence-electron chi connectivity index (χ2n) is 4.22. The van der Waals surface area contributed by atoms with Gasteiger partial charge in [-0.2, -0.15) is 0 Å². The van der Waals surface area contributed by atoms with Gasteiger partial charge >= 0.3 is 0 Å². The van der Waals surface area contributed by atoms with Gasteiger partial charge < -0.3 is 10.2 Å². The Hall–Kier alpha value is -1.39. The highest BCUT2D eigenvalue weighted by Gasteiger charge is 2.12. The van der Waals surface area contributed by atoms with Gasteiger partial charge in [-0.05, 0) is 25.6 Å². The largest absolute Gasteiger partial charge is 0.321 e. The molecule has 1 aromatic carbocycles. The Balaban J connectivity index is 2.15. The molecular formula is C14H19N3S. The lowest BCUT2D eigenvalue weighted by Crippen LogP contribution is -2.16. The first-order valence-corrected chi connectivity index (χ1v) is 7.02. The molecule has 2 aromatic rings. The number of nitrogens with one attached hydrogen (secondary N) is 1. The van der Waals surface area contributed by atoms with Crippen LogP contribution in [0.5, 0.6) is 0 Å². The molecule has 4 heteroatoms. The van der Waals surface area contributed by atoms with Crippen molar-refractivity contribution in [1.82, 2.24) is 10.3 Å². The van der Waals surface area contributed by atoms with E-state index in [4.69, 9.17) is 0 Å². The summed E-state index contributed by atoms with van der Waals surface area (Å²) in [6.45, 7) is 5.26. The van der Waals surface area contributed by atoms with E-state index in [9.17, 15) is 0 Å². The number of hydrogen-bond acceptors (Lipinski definition) is 4. The van der Waals surface area contributed by atoms with Crippen LogP contribution in [0.25, 0.3) is 0 Å². The monoisotopic (exact) mass is 261 g/mol. The Morgan fingerprint density at radius 1 is 1.33 bits per heavy atom. The van der Waals surface area contributed by atoms with E-state index in [2.05, 4.69) is 48.2 Å². The first-order chi connectivity index (χ1) is 8.72. The highest BCUT2D eigenvalue weighted by atomic mass is 32.1. The van der Waals surface area contributed by atoms with Crippen LogP contribution in [0.3, 0.4) is 0 Å². The van der Waals surface area contributed by atoms with Gasteiger partial charge in [0.2, 0.25) is 0 Å². The minimum absolute atomic E-state index is 0.366. The second kappa shape index (κ2) is 5.98. The number of anilines is 2. The lowest BCUT2D eigenvalue weighted by Gasteiger charge is -2.15. The van der Waals surface area contributed by atoms with Crippen molar-refractivity contribution in [2.75, 3.05) is 18.5 Å². The number of nitrogens with zero attached hydrogens (tertiary/aromatic N) is 2. The molecule has 0 bridgehead atoms. The predicted octanol–water partition coefficient (Wildman–Crippen LogP) is 3.58. The molecule has 0 amide bonds. The summed E-state index contributed by atoms with van der Waals surface area (Å²) in [6.07, 6.45) is 1.97. The van der Waals surface area contributed by atoms with Gasteiger partial charge in [0.15, 0.2) is 5.13 Å². The SMILES string of the molecule is CCNC(C)c1cnc(N(C)c2ccccc2)s1. The first kappa shape index (κ1) is 13.1. The average Bonchev–Trinajstić information content (AvgIpc) is 2.89. The van der Waals surface area contributed by atoms with Crippen molar-refractivity contribution in [2.24, 2.45) is 0 Å². The lowest BCUT2D eigenvalue weighted by atomic mass is 10.3. The van der Waals surface area contributed by atoms with Crippen molar-refractivity contribution in [3.63, 3.8) is 0 Å². The van der Waals surface area contributed by atoms with E-state index in [-0.39, 0.29) is 0 Å². The van der Waals surface area contributed by atoms with Gasteiger partial charge in [-0.25, -0.2) is 4.98 Å². The summed E-state index contributed by atoms with van der Waals surface area (Å²) in [5.74, 6) is 0.